The van der Waals surface area contributed by atoms with Gasteiger partial charge >= 0.3 is 5.97 Å². The van der Waals surface area contributed by atoms with E-state index < -0.39 is 12.0 Å². The van der Waals surface area contributed by atoms with E-state index in [0.717, 1.165) is 5.56 Å². The van der Waals surface area contributed by atoms with E-state index in [-0.39, 0.29) is 25.5 Å². The fourth-order valence-electron chi connectivity index (χ4n) is 1.87. The minimum Gasteiger partial charge on any atom is -0.496 e. The van der Waals surface area contributed by atoms with Crippen LogP contribution in [0.2, 0.25) is 0 Å². The Labute approximate surface area is 129 Å². The minimum atomic E-state index is -1.13. The molecule has 0 spiro atoms. The molecule has 1 amide bonds. The van der Waals surface area contributed by atoms with Crippen LogP contribution in [-0.2, 0) is 20.7 Å². The van der Waals surface area contributed by atoms with Crippen LogP contribution in [0.5, 0.6) is 5.75 Å². The SMILES string of the molecule is C=CCOCC(NC(=O)CCc1ccccc1OC)C(=O)O. The molecule has 0 saturated carbocycles. The van der Waals surface area contributed by atoms with Gasteiger partial charge in [-0.05, 0) is 18.1 Å². The number of aryl methyl sites for hydroxylation is 1. The van der Waals surface area contributed by atoms with Gasteiger partial charge in [0.1, 0.15) is 5.75 Å². The van der Waals surface area contributed by atoms with Crippen LogP contribution in [0.4, 0.5) is 0 Å². The Morgan fingerprint density at radius 1 is 1.41 bits per heavy atom. The van der Waals surface area contributed by atoms with Gasteiger partial charge in [0.25, 0.3) is 0 Å². The summed E-state index contributed by atoms with van der Waals surface area (Å²) in [5, 5.41) is 11.5. The van der Waals surface area contributed by atoms with Crippen LogP contribution < -0.4 is 10.1 Å². The lowest BCUT2D eigenvalue weighted by Gasteiger charge is -2.14. The molecule has 1 unspecified atom stereocenters. The number of ether oxygens (including phenoxy) is 2. The van der Waals surface area contributed by atoms with Crippen molar-refractivity contribution in [2.75, 3.05) is 20.3 Å². The van der Waals surface area contributed by atoms with Gasteiger partial charge in [0, 0.05) is 6.42 Å². The quantitative estimate of drug-likeness (QED) is 0.504. The Balaban J connectivity index is 2.49. The van der Waals surface area contributed by atoms with E-state index in [2.05, 4.69) is 11.9 Å². The number of para-hydroxylation sites is 1. The standard InChI is InChI=1S/C16H21NO5/c1-3-10-22-11-13(16(19)20)17-15(18)9-8-12-6-4-5-7-14(12)21-2/h3-7,13H,1,8-11H2,2H3,(H,17,18)(H,19,20). The van der Waals surface area contributed by atoms with Gasteiger partial charge in [0.2, 0.25) is 5.91 Å². The van der Waals surface area contributed by atoms with Gasteiger partial charge in [-0.3, -0.25) is 4.79 Å². The monoisotopic (exact) mass is 307 g/mol. The number of aliphatic carboxylic acids is 1. The molecule has 1 rings (SSSR count). The molecule has 2 N–H and O–H groups in total. The highest BCUT2D eigenvalue weighted by Crippen LogP contribution is 2.18. The normalized spacial score (nSPS) is 11.5. The third kappa shape index (κ3) is 5.97. The van der Waals surface area contributed by atoms with Crippen molar-refractivity contribution < 1.29 is 24.2 Å². The zero-order valence-corrected chi connectivity index (χ0v) is 12.6. The summed E-state index contributed by atoms with van der Waals surface area (Å²) in [6.45, 7) is 3.61. The molecule has 0 aliphatic carbocycles. The van der Waals surface area contributed by atoms with Crippen LogP contribution in [0.1, 0.15) is 12.0 Å². The summed E-state index contributed by atoms with van der Waals surface area (Å²) >= 11 is 0. The zero-order valence-electron chi connectivity index (χ0n) is 12.6. The average molecular weight is 307 g/mol. The van der Waals surface area contributed by atoms with Crippen molar-refractivity contribution >= 4 is 11.9 Å². The summed E-state index contributed by atoms with van der Waals surface area (Å²) < 4.78 is 10.3. The Morgan fingerprint density at radius 3 is 2.77 bits per heavy atom. The lowest BCUT2D eigenvalue weighted by Crippen LogP contribution is -2.44. The molecule has 1 aromatic carbocycles. The second-order valence-corrected chi connectivity index (χ2v) is 4.60. The van der Waals surface area contributed by atoms with E-state index in [1.807, 2.05) is 24.3 Å². The number of benzene rings is 1. The number of nitrogens with one attached hydrogen (secondary N) is 1. The molecule has 1 aromatic rings. The second kappa shape index (κ2) is 9.57. The summed E-state index contributed by atoms with van der Waals surface area (Å²) in [5.41, 5.74) is 0.898. The summed E-state index contributed by atoms with van der Waals surface area (Å²) in [5.74, 6) is -0.769. The molecule has 0 aromatic heterocycles. The van der Waals surface area contributed by atoms with Crippen LogP contribution in [-0.4, -0.2) is 43.3 Å². The first-order valence-corrected chi connectivity index (χ1v) is 6.91. The van der Waals surface area contributed by atoms with Crippen molar-refractivity contribution in [1.29, 1.82) is 0 Å². The summed E-state index contributed by atoms with van der Waals surface area (Å²) in [7, 11) is 1.57. The van der Waals surface area contributed by atoms with Gasteiger partial charge in [-0.2, -0.15) is 0 Å². The van der Waals surface area contributed by atoms with Crippen LogP contribution in [0.3, 0.4) is 0 Å². The predicted octanol–water partition coefficient (Wildman–Crippen LogP) is 1.40. The molecule has 6 nitrogen and oxygen atoms in total. The number of carboxylic acids is 1. The molecule has 1 atom stereocenters. The van der Waals surface area contributed by atoms with E-state index in [4.69, 9.17) is 14.6 Å². The lowest BCUT2D eigenvalue weighted by atomic mass is 10.1. The van der Waals surface area contributed by atoms with Gasteiger partial charge in [-0.25, -0.2) is 4.79 Å². The molecule has 0 bridgehead atoms. The van der Waals surface area contributed by atoms with E-state index in [9.17, 15) is 9.59 Å². The highest BCUT2D eigenvalue weighted by molar-refractivity contribution is 5.83. The predicted molar refractivity (Wildman–Crippen MR) is 81.9 cm³/mol. The lowest BCUT2D eigenvalue weighted by molar-refractivity contribution is -0.143. The van der Waals surface area contributed by atoms with E-state index >= 15 is 0 Å². The summed E-state index contributed by atoms with van der Waals surface area (Å²) in [6.07, 6.45) is 2.16. The van der Waals surface area contributed by atoms with Crippen LogP contribution in [0.25, 0.3) is 0 Å². The van der Waals surface area contributed by atoms with Crippen molar-refractivity contribution in [3.05, 3.63) is 42.5 Å². The third-order valence-electron chi connectivity index (χ3n) is 2.97. The molecule has 0 radical (unpaired) electrons. The topological polar surface area (TPSA) is 84.9 Å². The van der Waals surface area contributed by atoms with Crippen molar-refractivity contribution in [3.8, 4) is 5.75 Å². The number of carbonyl (C=O) groups is 2. The number of carbonyl (C=O) groups excluding carboxylic acids is 1. The number of rotatable bonds is 10. The maximum absolute atomic E-state index is 11.9. The Bertz CT molecular complexity index is 515. The van der Waals surface area contributed by atoms with Gasteiger partial charge in [0.05, 0.1) is 20.3 Å². The van der Waals surface area contributed by atoms with Crippen molar-refractivity contribution in [1.82, 2.24) is 5.32 Å². The van der Waals surface area contributed by atoms with E-state index in [0.29, 0.717) is 12.2 Å². The van der Waals surface area contributed by atoms with E-state index in [1.54, 1.807) is 7.11 Å². The molecular weight excluding hydrogens is 286 g/mol. The average Bonchev–Trinajstić information content (AvgIpc) is 2.52. The van der Waals surface area contributed by atoms with Crippen molar-refractivity contribution in [2.45, 2.75) is 18.9 Å². The zero-order chi connectivity index (χ0) is 16.4. The van der Waals surface area contributed by atoms with Crippen LogP contribution in [0, 0.1) is 0 Å². The van der Waals surface area contributed by atoms with Gasteiger partial charge in [-0.1, -0.05) is 24.3 Å². The fourth-order valence-corrected chi connectivity index (χ4v) is 1.87. The number of amides is 1. The number of hydrogen-bond acceptors (Lipinski definition) is 4. The molecular formula is C16H21NO5. The number of carboxylic acid groups (broad SMARTS) is 1. The smallest absolute Gasteiger partial charge is 0.328 e. The van der Waals surface area contributed by atoms with Gasteiger partial charge in [-0.15, -0.1) is 6.58 Å². The summed E-state index contributed by atoms with van der Waals surface area (Å²) in [6, 6.07) is 6.33. The van der Waals surface area contributed by atoms with E-state index in [1.165, 1.54) is 6.08 Å². The molecule has 0 aliphatic rings. The van der Waals surface area contributed by atoms with Crippen LogP contribution in [0.15, 0.2) is 36.9 Å². The highest BCUT2D eigenvalue weighted by Gasteiger charge is 2.20. The molecule has 6 heteroatoms. The third-order valence-corrected chi connectivity index (χ3v) is 2.97. The molecule has 0 aliphatic heterocycles. The largest absolute Gasteiger partial charge is 0.496 e. The molecule has 0 saturated heterocycles. The minimum absolute atomic E-state index is 0.0955. The van der Waals surface area contributed by atoms with Crippen molar-refractivity contribution in [2.24, 2.45) is 0 Å². The highest BCUT2D eigenvalue weighted by atomic mass is 16.5. The fraction of sp³-hybridized carbons (Fsp3) is 0.375. The first-order chi connectivity index (χ1) is 10.6. The Kier molecular flexibility index (Phi) is 7.70. The summed E-state index contributed by atoms with van der Waals surface area (Å²) in [4.78, 5) is 22.9. The van der Waals surface area contributed by atoms with Crippen LogP contribution >= 0.6 is 0 Å². The maximum Gasteiger partial charge on any atom is 0.328 e. The maximum atomic E-state index is 11.9. The Hall–Kier alpha value is -2.34. The van der Waals surface area contributed by atoms with Crippen molar-refractivity contribution in [3.63, 3.8) is 0 Å². The molecule has 0 heterocycles. The van der Waals surface area contributed by atoms with Gasteiger partial charge < -0.3 is 19.9 Å². The Morgan fingerprint density at radius 2 is 2.14 bits per heavy atom. The number of methoxy groups -OCH3 is 1. The molecule has 0 fully saturated rings. The van der Waals surface area contributed by atoms with Gasteiger partial charge in [0.15, 0.2) is 6.04 Å². The number of hydrogen-bond donors (Lipinski definition) is 2. The molecule has 22 heavy (non-hydrogen) atoms. The molecule has 120 valence electrons. The first kappa shape index (κ1) is 17.7. The second-order valence-electron chi connectivity index (χ2n) is 4.60. The first-order valence-electron chi connectivity index (χ1n) is 6.91.